The average Bonchev–Trinajstić information content (AvgIpc) is 2.94. The van der Waals surface area contributed by atoms with Crippen LogP contribution >= 0.6 is 0 Å². The predicted octanol–water partition coefficient (Wildman–Crippen LogP) is 6.11. The van der Waals surface area contributed by atoms with E-state index < -0.39 is 0 Å². The highest BCUT2D eigenvalue weighted by Crippen LogP contribution is 2.29. The summed E-state index contributed by atoms with van der Waals surface area (Å²) in [6, 6.07) is 26.6. The zero-order chi connectivity index (χ0) is 24.9. The lowest BCUT2D eigenvalue weighted by Crippen LogP contribution is -2.39. The number of nitrogens with zero attached hydrogens (tertiary/aromatic N) is 2. The van der Waals surface area contributed by atoms with Crippen molar-refractivity contribution in [1.82, 2.24) is 9.80 Å². The van der Waals surface area contributed by atoms with Crippen LogP contribution in [0.5, 0.6) is 0 Å². The summed E-state index contributed by atoms with van der Waals surface area (Å²) in [7, 11) is 0. The number of carbonyl (C=O) groups is 2. The topological polar surface area (TPSA) is 40.6 Å². The van der Waals surface area contributed by atoms with E-state index in [0.29, 0.717) is 12.5 Å². The molecule has 0 radical (unpaired) electrons. The molecule has 5 rings (SSSR count). The van der Waals surface area contributed by atoms with Crippen molar-refractivity contribution in [3.63, 3.8) is 0 Å². The lowest BCUT2D eigenvalue weighted by atomic mass is 9.88. The zero-order valence-corrected chi connectivity index (χ0v) is 21.2. The van der Waals surface area contributed by atoms with Crippen LogP contribution in [0.4, 0.5) is 0 Å². The van der Waals surface area contributed by atoms with Crippen LogP contribution in [0.3, 0.4) is 0 Å². The number of rotatable bonds is 5. The van der Waals surface area contributed by atoms with Crippen molar-refractivity contribution in [2.45, 2.75) is 44.9 Å². The van der Waals surface area contributed by atoms with E-state index in [9.17, 15) is 9.59 Å². The predicted molar refractivity (Wildman–Crippen MR) is 144 cm³/mol. The Labute approximate surface area is 214 Å². The highest BCUT2D eigenvalue weighted by Gasteiger charge is 2.27. The van der Waals surface area contributed by atoms with Gasteiger partial charge in [-0.2, -0.15) is 0 Å². The van der Waals surface area contributed by atoms with Crippen molar-refractivity contribution in [2.75, 3.05) is 26.2 Å². The molecule has 0 spiro atoms. The van der Waals surface area contributed by atoms with E-state index in [0.717, 1.165) is 68.4 Å². The first-order valence-electron chi connectivity index (χ1n) is 13.4. The zero-order valence-electron chi connectivity index (χ0n) is 21.2. The normalized spacial score (nSPS) is 18.8. The van der Waals surface area contributed by atoms with Gasteiger partial charge in [-0.25, -0.2) is 0 Å². The molecule has 2 fully saturated rings. The molecule has 3 aromatic rings. The molecule has 0 aliphatic carbocycles. The lowest BCUT2D eigenvalue weighted by molar-refractivity contribution is 0.0684. The SMILES string of the molecule is Cc1ccc(C(=O)N2CCCC(c3cccc(C(=O)N4CCC(Cc5ccccc5)CC4)c3)C2)cc1. The van der Waals surface area contributed by atoms with Gasteiger partial charge in [0, 0.05) is 43.2 Å². The lowest BCUT2D eigenvalue weighted by Gasteiger charge is -2.34. The second kappa shape index (κ2) is 11.1. The summed E-state index contributed by atoms with van der Waals surface area (Å²) >= 11 is 0. The van der Waals surface area contributed by atoms with Crippen molar-refractivity contribution < 1.29 is 9.59 Å². The number of hydrogen-bond acceptors (Lipinski definition) is 2. The Hall–Kier alpha value is -3.40. The Balaban J connectivity index is 1.20. The highest BCUT2D eigenvalue weighted by molar-refractivity contribution is 5.95. The third kappa shape index (κ3) is 5.70. The molecule has 186 valence electrons. The van der Waals surface area contributed by atoms with Gasteiger partial charge in [-0.05, 0) is 80.3 Å². The number of piperidine rings is 2. The number of likely N-dealkylation sites (tertiary alicyclic amines) is 2. The maximum atomic E-state index is 13.3. The number of amides is 2. The summed E-state index contributed by atoms with van der Waals surface area (Å²) in [4.78, 5) is 30.4. The van der Waals surface area contributed by atoms with Crippen LogP contribution in [0.2, 0.25) is 0 Å². The Morgan fingerprint density at radius 2 is 1.47 bits per heavy atom. The Kier molecular flexibility index (Phi) is 7.50. The van der Waals surface area contributed by atoms with Gasteiger partial charge in [-0.15, -0.1) is 0 Å². The molecule has 4 heteroatoms. The summed E-state index contributed by atoms with van der Waals surface area (Å²) in [5, 5.41) is 0. The first-order chi connectivity index (χ1) is 17.6. The monoisotopic (exact) mass is 480 g/mol. The number of benzene rings is 3. The fourth-order valence-electron chi connectivity index (χ4n) is 5.71. The van der Waals surface area contributed by atoms with E-state index >= 15 is 0 Å². The summed E-state index contributed by atoms with van der Waals surface area (Å²) in [6.45, 7) is 5.17. The van der Waals surface area contributed by atoms with Crippen LogP contribution in [-0.4, -0.2) is 47.8 Å². The maximum absolute atomic E-state index is 13.3. The van der Waals surface area contributed by atoms with E-state index in [4.69, 9.17) is 0 Å². The van der Waals surface area contributed by atoms with Gasteiger partial charge in [-0.3, -0.25) is 9.59 Å². The van der Waals surface area contributed by atoms with Crippen molar-refractivity contribution in [1.29, 1.82) is 0 Å². The third-order valence-electron chi connectivity index (χ3n) is 7.88. The van der Waals surface area contributed by atoms with Crippen LogP contribution in [0.1, 0.15) is 69.0 Å². The molecular weight excluding hydrogens is 444 g/mol. The van der Waals surface area contributed by atoms with Gasteiger partial charge in [0.1, 0.15) is 0 Å². The minimum Gasteiger partial charge on any atom is -0.339 e. The van der Waals surface area contributed by atoms with Gasteiger partial charge in [-0.1, -0.05) is 60.2 Å². The van der Waals surface area contributed by atoms with Gasteiger partial charge in [0.2, 0.25) is 0 Å². The van der Waals surface area contributed by atoms with Crippen molar-refractivity contribution in [3.8, 4) is 0 Å². The molecule has 2 heterocycles. The van der Waals surface area contributed by atoms with Crippen LogP contribution < -0.4 is 0 Å². The Morgan fingerprint density at radius 1 is 0.750 bits per heavy atom. The van der Waals surface area contributed by atoms with Gasteiger partial charge < -0.3 is 9.80 Å². The number of hydrogen-bond donors (Lipinski definition) is 0. The molecule has 4 nitrogen and oxygen atoms in total. The smallest absolute Gasteiger partial charge is 0.253 e. The number of aryl methyl sites for hydroxylation is 1. The van der Waals surface area contributed by atoms with Crippen molar-refractivity contribution >= 4 is 11.8 Å². The van der Waals surface area contributed by atoms with Crippen LogP contribution in [0.15, 0.2) is 78.9 Å². The highest BCUT2D eigenvalue weighted by atomic mass is 16.2. The van der Waals surface area contributed by atoms with Gasteiger partial charge in [0.05, 0.1) is 0 Å². The summed E-state index contributed by atoms with van der Waals surface area (Å²) < 4.78 is 0. The average molecular weight is 481 g/mol. The molecule has 3 aromatic carbocycles. The van der Waals surface area contributed by atoms with Crippen molar-refractivity contribution in [2.24, 2.45) is 5.92 Å². The molecular formula is C32H36N2O2. The van der Waals surface area contributed by atoms with E-state index in [-0.39, 0.29) is 17.7 Å². The molecule has 1 atom stereocenters. The largest absolute Gasteiger partial charge is 0.339 e. The first-order valence-corrected chi connectivity index (χ1v) is 13.4. The molecule has 2 saturated heterocycles. The molecule has 0 aromatic heterocycles. The quantitative estimate of drug-likeness (QED) is 0.442. The Morgan fingerprint density at radius 3 is 2.22 bits per heavy atom. The summed E-state index contributed by atoms with van der Waals surface area (Å²) in [5.41, 5.74) is 5.24. The second-order valence-corrected chi connectivity index (χ2v) is 10.5. The van der Waals surface area contributed by atoms with Gasteiger partial charge in [0.15, 0.2) is 0 Å². The number of carbonyl (C=O) groups excluding carboxylic acids is 2. The van der Waals surface area contributed by atoms with Gasteiger partial charge >= 0.3 is 0 Å². The molecule has 36 heavy (non-hydrogen) atoms. The van der Waals surface area contributed by atoms with E-state index in [1.807, 2.05) is 53.1 Å². The fraction of sp³-hybridized carbons (Fsp3) is 0.375. The molecule has 0 saturated carbocycles. The molecule has 1 unspecified atom stereocenters. The minimum absolute atomic E-state index is 0.102. The molecule has 2 amide bonds. The minimum atomic E-state index is 0.102. The van der Waals surface area contributed by atoms with E-state index in [2.05, 4.69) is 42.5 Å². The summed E-state index contributed by atoms with van der Waals surface area (Å²) in [5.74, 6) is 1.14. The van der Waals surface area contributed by atoms with E-state index in [1.165, 1.54) is 11.1 Å². The molecule has 0 bridgehead atoms. The molecule has 0 N–H and O–H groups in total. The van der Waals surface area contributed by atoms with Gasteiger partial charge in [0.25, 0.3) is 11.8 Å². The van der Waals surface area contributed by atoms with Crippen LogP contribution in [0.25, 0.3) is 0 Å². The standard InChI is InChI=1S/C32H36N2O2/c1-24-12-14-27(15-13-24)31(35)34-18-6-11-30(23-34)28-9-5-10-29(22-28)32(36)33-19-16-26(17-20-33)21-25-7-3-2-4-8-25/h2-5,7-10,12-15,22,26,30H,6,11,16-21,23H2,1H3. The maximum Gasteiger partial charge on any atom is 0.253 e. The van der Waals surface area contributed by atoms with Crippen LogP contribution in [0, 0.1) is 12.8 Å². The first kappa shape index (κ1) is 24.3. The van der Waals surface area contributed by atoms with E-state index in [1.54, 1.807) is 0 Å². The Bertz CT molecular complexity index is 1180. The van der Waals surface area contributed by atoms with Crippen LogP contribution in [-0.2, 0) is 6.42 Å². The fourth-order valence-corrected chi connectivity index (χ4v) is 5.71. The second-order valence-electron chi connectivity index (χ2n) is 10.5. The van der Waals surface area contributed by atoms with Crippen molar-refractivity contribution in [3.05, 3.63) is 107 Å². The summed E-state index contributed by atoms with van der Waals surface area (Å²) in [6.07, 6.45) is 5.23. The molecule has 2 aliphatic rings. The third-order valence-corrected chi connectivity index (χ3v) is 7.88. The molecule has 2 aliphatic heterocycles.